The van der Waals surface area contributed by atoms with Crippen molar-refractivity contribution in [1.29, 1.82) is 0 Å². The van der Waals surface area contributed by atoms with Crippen LogP contribution in [0.25, 0.3) is 0 Å². The molecule has 1 aromatic rings. The highest BCUT2D eigenvalue weighted by Gasteiger charge is 2.08. The van der Waals surface area contributed by atoms with E-state index in [9.17, 15) is 4.79 Å². The lowest BCUT2D eigenvalue weighted by Gasteiger charge is -2.10. The highest BCUT2D eigenvalue weighted by atomic mass is 35.5. The molecule has 0 saturated heterocycles. The van der Waals surface area contributed by atoms with Gasteiger partial charge in [0.1, 0.15) is 12.4 Å². The van der Waals surface area contributed by atoms with E-state index in [1.807, 2.05) is 0 Å². The number of nitrogens with two attached hydrogens (primary N) is 1. The van der Waals surface area contributed by atoms with Gasteiger partial charge in [-0.3, -0.25) is 0 Å². The molecule has 4 nitrogen and oxygen atoms in total. The second-order valence-electron chi connectivity index (χ2n) is 3.24. The Hall–Kier alpha value is -0.970. The number of aromatic carboxylic acids is 1. The summed E-state index contributed by atoms with van der Waals surface area (Å²) in [4.78, 5) is 10.7. The van der Waals surface area contributed by atoms with Crippen molar-refractivity contribution in [3.63, 3.8) is 0 Å². The standard InChI is InChI=1S/C10H12ClNO3.ClH/c1-6(12)5-15-9-4-7(10(13)14)2-3-8(9)11;/h2-4,6H,5,12H2,1H3,(H,13,14);1H. The quantitative estimate of drug-likeness (QED) is 0.876. The average molecular weight is 266 g/mol. The fourth-order valence-electron chi connectivity index (χ4n) is 0.968. The zero-order valence-corrected chi connectivity index (χ0v) is 10.2. The van der Waals surface area contributed by atoms with Crippen molar-refractivity contribution in [2.75, 3.05) is 6.61 Å². The molecule has 0 bridgehead atoms. The topological polar surface area (TPSA) is 72.5 Å². The Morgan fingerprint density at radius 3 is 2.75 bits per heavy atom. The van der Waals surface area contributed by atoms with Crippen molar-refractivity contribution in [1.82, 2.24) is 0 Å². The molecule has 1 atom stereocenters. The van der Waals surface area contributed by atoms with E-state index in [2.05, 4.69) is 0 Å². The maximum Gasteiger partial charge on any atom is 0.335 e. The predicted octanol–water partition coefficient (Wildman–Crippen LogP) is 2.19. The Morgan fingerprint density at radius 2 is 2.25 bits per heavy atom. The molecule has 0 saturated carbocycles. The zero-order valence-electron chi connectivity index (χ0n) is 8.64. The van der Waals surface area contributed by atoms with Gasteiger partial charge in [0.15, 0.2) is 0 Å². The smallest absolute Gasteiger partial charge is 0.335 e. The first-order valence-electron chi connectivity index (χ1n) is 4.42. The van der Waals surface area contributed by atoms with Crippen molar-refractivity contribution >= 4 is 30.0 Å². The Morgan fingerprint density at radius 1 is 1.62 bits per heavy atom. The zero-order chi connectivity index (χ0) is 11.4. The number of rotatable bonds is 4. The molecule has 0 radical (unpaired) electrons. The van der Waals surface area contributed by atoms with Crippen LogP contribution < -0.4 is 10.5 Å². The number of ether oxygens (including phenoxy) is 1. The summed E-state index contributed by atoms with van der Waals surface area (Å²) in [5.41, 5.74) is 5.64. The Balaban J connectivity index is 0.00000225. The van der Waals surface area contributed by atoms with Gasteiger partial charge in [-0.2, -0.15) is 0 Å². The molecule has 1 aromatic carbocycles. The molecule has 1 unspecified atom stereocenters. The minimum absolute atomic E-state index is 0. The van der Waals surface area contributed by atoms with Crippen molar-refractivity contribution in [2.24, 2.45) is 5.73 Å². The summed E-state index contributed by atoms with van der Waals surface area (Å²) in [6.07, 6.45) is 0. The van der Waals surface area contributed by atoms with Crippen LogP contribution in [0, 0.1) is 0 Å². The third-order valence-electron chi connectivity index (χ3n) is 1.68. The van der Waals surface area contributed by atoms with Crippen LogP contribution in [-0.2, 0) is 0 Å². The largest absolute Gasteiger partial charge is 0.490 e. The minimum atomic E-state index is -1.02. The van der Waals surface area contributed by atoms with Crippen LogP contribution in [0.15, 0.2) is 18.2 Å². The van der Waals surface area contributed by atoms with Gasteiger partial charge in [0.25, 0.3) is 0 Å². The van der Waals surface area contributed by atoms with Crippen molar-refractivity contribution in [3.8, 4) is 5.75 Å². The van der Waals surface area contributed by atoms with E-state index in [1.54, 1.807) is 6.92 Å². The number of hydrogen-bond donors (Lipinski definition) is 2. The minimum Gasteiger partial charge on any atom is -0.490 e. The van der Waals surface area contributed by atoms with Crippen LogP contribution in [0.1, 0.15) is 17.3 Å². The van der Waals surface area contributed by atoms with Gasteiger partial charge >= 0.3 is 5.97 Å². The summed E-state index contributed by atoms with van der Waals surface area (Å²) in [6, 6.07) is 4.16. The van der Waals surface area contributed by atoms with Gasteiger partial charge in [0, 0.05) is 6.04 Å². The van der Waals surface area contributed by atoms with E-state index in [0.29, 0.717) is 17.4 Å². The molecule has 0 heterocycles. The van der Waals surface area contributed by atoms with Gasteiger partial charge in [-0.15, -0.1) is 12.4 Å². The summed E-state index contributed by atoms with van der Waals surface area (Å²) >= 11 is 5.83. The van der Waals surface area contributed by atoms with Gasteiger partial charge in [0.05, 0.1) is 10.6 Å². The summed E-state index contributed by atoms with van der Waals surface area (Å²) in [5, 5.41) is 9.13. The molecule has 0 fully saturated rings. The monoisotopic (exact) mass is 265 g/mol. The molecular formula is C10H13Cl2NO3. The summed E-state index contributed by atoms with van der Waals surface area (Å²) < 4.78 is 5.27. The summed E-state index contributed by atoms with van der Waals surface area (Å²) in [7, 11) is 0. The number of carboxylic acid groups (broad SMARTS) is 1. The highest BCUT2D eigenvalue weighted by Crippen LogP contribution is 2.25. The number of carboxylic acids is 1. The number of carbonyl (C=O) groups is 1. The maximum absolute atomic E-state index is 10.7. The first-order valence-corrected chi connectivity index (χ1v) is 4.79. The number of hydrogen-bond acceptors (Lipinski definition) is 3. The van der Waals surface area contributed by atoms with Crippen molar-refractivity contribution < 1.29 is 14.6 Å². The predicted molar refractivity (Wildman–Crippen MR) is 64.8 cm³/mol. The first kappa shape index (κ1) is 15.0. The van der Waals surface area contributed by atoms with E-state index in [1.165, 1.54) is 18.2 Å². The molecular weight excluding hydrogens is 253 g/mol. The molecule has 0 aliphatic heterocycles. The van der Waals surface area contributed by atoms with E-state index in [4.69, 9.17) is 27.2 Å². The fourth-order valence-corrected chi connectivity index (χ4v) is 1.14. The molecule has 3 N–H and O–H groups in total. The van der Waals surface area contributed by atoms with E-state index in [0.717, 1.165) is 0 Å². The Bertz CT molecular complexity index is 369. The first-order chi connectivity index (χ1) is 7.00. The van der Waals surface area contributed by atoms with Crippen LogP contribution >= 0.6 is 24.0 Å². The van der Waals surface area contributed by atoms with Crippen LogP contribution in [0.2, 0.25) is 5.02 Å². The molecule has 0 aliphatic carbocycles. The summed E-state index contributed by atoms with van der Waals surface area (Å²) in [5.74, 6) is -0.675. The lowest BCUT2D eigenvalue weighted by molar-refractivity contribution is 0.0696. The van der Waals surface area contributed by atoms with Gasteiger partial charge in [-0.1, -0.05) is 11.6 Å². The highest BCUT2D eigenvalue weighted by molar-refractivity contribution is 6.32. The molecule has 0 aromatic heterocycles. The average Bonchev–Trinajstić information content (AvgIpc) is 2.16. The van der Waals surface area contributed by atoms with Gasteiger partial charge in [0.2, 0.25) is 0 Å². The third-order valence-corrected chi connectivity index (χ3v) is 1.99. The van der Waals surface area contributed by atoms with E-state index in [-0.39, 0.29) is 24.0 Å². The molecule has 1 rings (SSSR count). The van der Waals surface area contributed by atoms with Crippen LogP contribution in [0.3, 0.4) is 0 Å². The number of halogens is 2. The Labute approximate surface area is 105 Å². The molecule has 90 valence electrons. The van der Waals surface area contributed by atoms with Gasteiger partial charge in [-0.05, 0) is 25.1 Å². The SMILES string of the molecule is CC(N)COc1cc(C(=O)O)ccc1Cl.Cl. The molecule has 0 spiro atoms. The second-order valence-corrected chi connectivity index (χ2v) is 3.65. The van der Waals surface area contributed by atoms with Gasteiger partial charge in [-0.25, -0.2) is 4.79 Å². The molecule has 16 heavy (non-hydrogen) atoms. The Kier molecular flexibility index (Phi) is 6.18. The molecule has 6 heteroatoms. The molecule has 0 amide bonds. The van der Waals surface area contributed by atoms with Gasteiger partial charge < -0.3 is 15.6 Å². The normalized spacial score (nSPS) is 11.4. The third kappa shape index (κ3) is 4.26. The fraction of sp³-hybridized carbons (Fsp3) is 0.300. The van der Waals surface area contributed by atoms with Crippen molar-refractivity contribution in [2.45, 2.75) is 13.0 Å². The van der Waals surface area contributed by atoms with Crippen LogP contribution in [-0.4, -0.2) is 23.7 Å². The lowest BCUT2D eigenvalue weighted by atomic mass is 10.2. The summed E-state index contributed by atoms with van der Waals surface area (Å²) in [6.45, 7) is 2.08. The van der Waals surface area contributed by atoms with Crippen LogP contribution in [0.5, 0.6) is 5.75 Å². The molecule has 0 aliphatic rings. The van der Waals surface area contributed by atoms with E-state index < -0.39 is 5.97 Å². The number of benzene rings is 1. The second kappa shape index (κ2) is 6.58. The maximum atomic E-state index is 10.7. The van der Waals surface area contributed by atoms with Crippen LogP contribution in [0.4, 0.5) is 0 Å². The van der Waals surface area contributed by atoms with E-state index >= 15 is 0 Å². The lowest BCUT2D eigenvalue weighted by Crippen LogP contribution is -2.23. The van der Waals surface area contributed by atoms with Crippen molar-refractivity contribution in [3.05, 3.63) is 28.8 Å².